The van der Waals surface area contributed by atoms with Crippen LogP contribution in [0.25, 0.3) is 0 Å². The van der Waals surface area contributed by atoms with Crippen molar-refractivity contribution in [1.82, 2.24) is 9.88 Å². The minimum atomic E-state index is -0.416. The first-order valence-corrected chi connectivity index (χ1v) is 14.0. The van der Waals surface area contributed by atoms with E-state index >= 15 is 0 Å². The lowest BCUT2D eigenvalue weighted by Crippen LogP contribution is -2.36. The highest BCUT2D eigenvalue weighted by atomic mass is 35.5. The zero-order valence-electron chi connectivity index (χ0n) is 24.7. The monoisotopic (exact) mass is 565 g/mol. The topological polar surface area (TPSA) is 92.2 Å². The molecule has 1 aromatic carbocycles. The highest BCUT2D eigenvalue weighted by molar-refractivity contribution is 6.30. The highest BCUT2D eigenvalue weighted by Crippen LogP contribution is 2.39. The van der Waals surface area contributed by atoms with E-state index < -0.39 is 5.60 Å². The van der Waals surface area contributed by atoms with Crippen LogP contribution in [0.2, 0.25) is 5.02 Å². The molecule has 1 saturated carbocycles. The number of nitrogens with zero attached hydrogens (tertiary/aromatic N) is 4. The van der Waals surface area contributed by atoms with Gasteiger partial charge in [-0.15, -0.1) is 5.10 Å². The molecule has 2 unspecified atom stereocenters. The molecule has 4 N–H and O–H groups in total. The van der Waals surface area contributed by atoms with Gasteiger partial charge in [-0.25, -0.2) is 0 Å². The van der Waals surface area contributed by atoms with Gasteiger partial charge >= 0.3 is 0 Å². The minimum absolute atomic E-state index is 0.0985. The zero-order chi connectivity index (χ0) is 29.6. The smallest absolute Gasteiger partial charge is 0.184 e. The molecule has 8 nitrogen and oxygen atoms in total. The number of pyridine rings is 1. The number of halogens is 1. The molecule has 2 atom stereocenters. The Morgan fingerprint density at radius 3 is 2.45 bits per heavy atom. The molecule has 216 valence electrons. The molecule has 0 saturated heterocycles. The van der Waals surface area contributed by atoms with E-state index in [1.165, 1.54) is 0 Å². The standard InChI is InChI=1S/C31H44ClN7O/c1-10-25(27(33)21-12-13-21)28(34-7)29(22-14-16-23(32)17-15-22)38(9)24-18-26(36-20(3)40-31(4,5)6)30(37-35-8)39(11-2)19-24/h10,14-19,21,27,29,34,36H,1,3,8,11-13,33H2,2,4-7,9H3/b28-25-,37-30-. The lowest BCUT2D eigenvalue weighted by molar-refractivity contribution is 0.0564. The van der Waals surface area contributed by atoms with Gasteiger partial charge in [0.05, 0.1) is 17.4 Å². The van der Waals surface area contributed by atoms with Crippen molar-refractivity contribution in [3.63, 3.8) is 0 Å². The Balaban J connectivity index is 2.22. The third-order valence-corrected chi connectivity index (χ3v) is 7.10. The Labute approximate surface area is 244 Å². The summed E-state index contributed by atoms with van der Waals surface area (Å²) in [7, 11) is 3.99. The van der Waals surface area contributed by atoms with E-state index in [1.807, 2.05) is 75.0 Å². The Bertz CT molecular complexity index is 1320. The summed E-state index contributed by atoms with van der Waals surface area (Å²) in [6.45, 7) is 20.4. The summed E-state index contributed by atoms with van der Waals surface area (Å²) in [6.07, 6.45) is 6.19. The third-order valence-electron chi connectivity index (χ3n) is 6.85. The first-order chi connectivity index (χ1) is 18.9. The molecular formula is C31H44ClN7O. The molecule has 40 heavy (non-hydrogen) atoms. The fourth-order valence-electron chi connectivity index (χ4n) is 4.83. The van der Waals surface area contributed by atoms with Crippen LogP contribution in [0.15, 0.2) is 83.1 Å². The largest absolute Gasteiger partial charge is 0.474 e. The molecule has 3 rings (SSSR count). The molecule has 9 heteroatoms. The number of hydrogen-bond donors (Lipinski definition) is 3. The van der Waals surface area contributed by atoms with E-state index in [-0.39, 0.29) is 12.1 Å². The fourth-order valence-corrected chi connectivity index (χ4v) is 4.95. The second kappa shape index (κ2) is 13.2. The van der Waals surface area contributed by atoms with Crippen LogP contribution >= 0.6 is 11.6 Å². The number of anilines is 2. The molecular weight excluding hydrogens is 522 g/mol. The van der Waals surface area contributed by atoms with E-state index in [1.54, 1.807) is 0 Å². The molecule has 2 aromatic rings. The first-order valence-electron chi connectivity index (χ1n) is 13.6. The van der Waals surface area contributed by atoms with Gasteiger partial charge < -0.3 is 30.6 Å². The Hall–Kier alpha value is -3.49. The van der Waals surface area contributed by atoms with Crippen molar-refractivity contribution in [1.29, 1.82) is 0 Å². The predicted molar refractivity (Wildman–Crippen MR) is 168 cm³/mol. The Morgan fingerprint density at radius 2 is 1.95 bits per heavy atom. The number of aromatic nitrogens is 1. The van der Waals surface area contributed by atoms with Crippen LogP contribution < -0.4 is 26.8 Å². The maximum atomic E-state index is 6.74. The number of rotatable bonds is 13. The van der Waals surface area contributed by atoms with Gasteiger partial charge in [0.15, 0.2) is 11.4 Å². The van der Waals surface area contributed by atoms with Crippen LogP contribution in [0.3, 0.4) is 0 Å². The molecule has 0 spiro atoms. The number of nitrogens with two attached hydrogens (primary N) is 1. The van der Waals surface area contributed by atoms with Gasteiger partial charge in [0.1, 0.15) is 5.60 Å². The number of nitrogens with one attached hydrogen (secondary N) is 2. The van der Waals surface area contributed by atoms with E-state index in [0.717, 1.165) is 35.4 Å². The maximum Gasteiger partial charge on any atom is 0.184 e. The van der Waals surface area contributed by atoms with Crippen molar-refractivity contribution in [3.8, 4) is 0 Å². The molecule has 1 aliphatic carbocycles. The summed E-state index contributed by atoms with van der Waals surface area (Å²) in [5.74, 6) is 0.872. The van der Waals surface area contributed by atoms with Gasteiger partial charge in [-0.1, -0.05) is 36.4 Å². The van der Waals surface area contributed by atoms with Gasteiger partial charge in [-0.2, -0.15) is 5.10 Å². The number of hydrogen-bond acceptors (Lipinski definition) is 7. The lowest BCUT2D eigenvalue weighted by atomic mass is 9.93. The molecule has 0 bridgehead atoms. The van der Waals surface area contributed by atoms with E-state index in [9.17, 15) is 0 Å². The van der Waals surface area contributed by atoms with E-state index in [2.05, 4.69) is 59.6 Å². The van der Waals surface area contributed by atoms with Crippen LogP contribution in [0, 0.1) is 5.92 Å². The summed E-state index contributed by atoms with van der Waals surface area (Å²) >= 11 is 6.28. The normalized spacial score (nSPS) is 15.9. The summed E-state index contributed by atoms with van der Waals surface area (Å²) in [4.78, 5) is 2.20. The van der Waals surface area contributed by atoms with Gasteiger partial charge in [-0.3, -0.25) is 0 Å². The summed E-state index contributed by atoms with van der Waals surface area (Å²) in [6, 6.07) is 9.60. The average Bonchev–Trinajstić information content (AvgIpc) is 3.74. The maximum absolute atomic E-state index is 6.74. The number of ether oxygens (including phenoxy) is 1. The van der Waals surface area contributed by atoms with E-state index in [0.29, 0.717) is 34.5 Å². The van der Waals surface area contributed by atoms with Gasteiger partial charge in [0, 0.05) is 50.3 Å². The summed E-state index contributed by atoms with van der Waals surface area (Å²) < 4.78 is 7.97. The highest BCUT2D eigenvalue weighted by Gasteiger charge is 2.34. The summed E-state index contributed by atoms with van der Waals surface area (Å²) in [5.41, 5.74) is 11.6. The molecule has 1 aliphatic rings. The van der Waals surface area contributed by atoms with Crippen molar-refractivity contribution < 1.29 is 4.74 Å². The van der Waals surface area contributed by atoms with Crippen molar-refractivity contribution in [2.75, 3.05) is 24.3 Å². The molecule has 1 heterocycles. The van der Waals surface area contributed by atoms with Gasteiger partial charge in [0.25, 0.3) is 0 Å². The van der Waals surface area contributed by atoms with Gasteiger partial charge in [-0.05, 0) is 82.4 Å². The third kappa shape index (κ3) is 7.58. The average molecular weight is 566 g/mol. The minimum Gasteiger partial charge on any atom is -0.474 e. The van der Waals surface area contributed by atoms with Crippen LogP contribution in [-0.2, 0) is 11.3 Å². The van der Waals surface area contributed by atoms with Crippen LogP contribution in [-0.4, -0.2) is 37.0 Å². The number of aryl methyl sites for hydroxylation is 1. The van der Waals surface area contributed by atoms with Crippen molar-refractivity contribution >= 4 is 29.7 Å². The molecule has 0 amide bonds. The van der Waals surface area contributed by atoms with Crippen LogP contribution in [0.1, 0.15) is 52.1 Å². The fraction of sp³-hybridized carbons (Fsp3) is 0.419. The molecule has 0 aliphatic heterocycles. The van der Waals surface area contributed by atoms with E-state index in [4.69, 9.17) is 22.1 Å². The van der Waals surface area contributed by atoms with Crippen molar-refractivity contribution in [2.45, 2.75) is 64.8 Å². The quantitative estimate of drug-likeness (QED) is 0.121. The zero-order valence-corrected chi connectivity index (χ0v) is 25.4. The SMILES string of the molecule is C=C/C(=C(/NC)C(c1ccc(Cl)cc1)N(C)c1cc(NC(=C)OC(C)(C)C)/c(=N/N=C)n(CC)c1)C(N)C1CC1. The Morgan fingerprint density at radius 1 is 1.30 bits per heavy atom. The molecule has 1 aromatic heterocycles. The van der Waals surface area contributed by atoms with Crippen LogP contribution in [0.4, 0.5) is 11.4 Å². The number of benzene rings is 1. The van der Waals surface area contributed by atoms with Crippen molar-refractivity contribution in [2.24, 2.45) is 21.9 Å². The second-order valence-corrected chi connectivity index (χ2v) is 11.4. The Kier molecular flexibility index (Phi) is 10.3. The predicted octanol–water partition coefficient (Wildman–Crippen LogP) is 5.95. The lowest BCUT2D eigenvalue weighted by Gasteiger charge is -2.35. The second-order valence-electron chi connectivity index (χ2n) is 11.0. The number of likely N-dealkylation sites (N-methyl/N-ethyl adjacent to an activating group) is 2. The molecule has 0 radical (unpaired) electrons. The van der Waals surface area contributed by atoms with Crippen molar-refractivity contribution in [3.05, 3.63) is 89.0 Å². The van der Waals surface area contributed by atoms with Crippen LogP contribution in [0.5, 0.6) is 0 Å². The summed E-state index contributed by atoms with van der Waals surface area (Å²) in [5, 5.41) is 15.6. The van der Waals surface area contributed by atoms with Gasteiger partial charge in [0.2, 0.25) is 0 Å². The molecule has 1 fully saturated rings. The first kappa shape index (κ1) is 31.0.